The van der Waals surface area contributed by atoms with Gasteiger partial charge < -0.3 is 10.0 Å². The fourth-order valence-corrected chi connectivity index (χ4v) is 3.91. The van der Waals surface area contributed by atoms with Crippen LogP contribution in [0.25, 0.3) is 17.2 Å². The average Bonchev–Trinajstić information content (AvgIpc) is 2.92. The molecule has 0 saturated heterocycles. The quantitative estimate of drug-likeness (QED) is 0.209. The molecule has 4 nitrogen and oxygen atoms in total. The maximum atomic E-state index is 13.1. The lowest BCUT2D eigenvalue weighted by Gasteiger charge is -2.18. The Balaban J connectivity index is 0.00000145. The molecule has 1 N–H and O–H groups in total. The summed E-state index contributed by atoms with van der Waals surface area (Å²) in [5.74, 6) is -0.480. The summed E-state index contributed by atoms with van der Waals surface area (Å²) in [6.45, 7) is 4.36. The van der Waals surface area contributed by atoms with Crippen molar-refractivity contribution in [2.45, 2.75) is 20.4 Å². The molecule has 0 saturated carbocycles. The summed E-state index contributed by atoms with van der Waals surface area (Å²) in [4.78, 5) is 25.9. The Morgan fingerprint density at radius 3 is 2.17 bits per heavy atom. The van der Waals surface area contributed by atoms with Crippen LogP contribution in [0.4, 0.5) is 4.39 Å². The molecular formula is C28H30FNO3S2. The number of thiocarbonyl (C=S) groups is 1. The predicted molar refractivity (Wildman–Crippen MR) is 149 cm³/mol. The van der Waals surface area contributed by atoms with Crippen LogP contribution in [-0.4, -0.2) is 41.1 Å². The molecule has 3 aromatic carbocycles. The molecule has 7 heteroatoms. The van der Waals surface area contributed by atoms with Gasteiger partial charge in [-0.3, -0.25) is 9.59 Å². The normalized spacial score (nSPS) is 10.2. The lowest BCUT2D eigenvalue weighted by Crippen LogP contribution is -2.26. The van der Waals surface area contributed by atoms with Gasteiger partial charge >= 0.3 is 0 Å². The van der Waals surface area contributed by atoms with Crippen LogP contribution in [-0.2, 0) is 11.3 Å². The highest BCUT2D eigenvalue weighted by Gasteiger charge is 2.15. The molecule has 0 radical (unpaired) electrons. The zero-order valence-electron chi connectivity index (χ0n) is 20.3. The summed E-state index contributed by atoms with van der Waals surface area (Å²) in [6, 6.07) is 21.2. The van der Waals surface area contributed by atoms with E-state index in [1.807, 2.05) is 50.2 Å². The topological polar surface area (TPSA) is 57.6 Å². The van der Waals surface area contributed by atoms with E-state index in [1.165, 1.54) is 28.6 Å². The van der Waals surface area contributed by atoms with Crippen LogP contribution in [0.2, 0.25) is 0 Å². The first-order chi connectivity index (χ1) is 17.0. The number of nitrogens with zero attached hydrogens (tertiary/aromatic N) is 1. The second-order valence-electron chi connectivity index (χ2n) is 6.88. The Labute approximate surface area is 216 Å². The first kappa shape index (κ1) is 29.9. The Bertz CT molecular complexity index is 1110. The van der Waals surface area contributed by atoms with Crippen molar-refractivity contribution in [3.8, 4) is 11.1 Å². The molecule has 0 unspecified atom stereocenters. The van der Waals surface area contributed by atoms with Gasteiger partial charge in [-0.2, -0.15) is 0 Å². The van der Waals surface area contributed by atoms with E-state index in [1.54, 1.807) is 42.3 Å². The van der Waals surface area contributed by atoms with Gasteiger partial charge in [0.1, 0.15) is 12.1 Å². The third kappa shape index (κ3) is 9.56. The van der Waals surface area contributed by atoms with Crippen molar-refractivity contribution in [1.29, 1.82) is 0 Å². The maximum absolute atomic E-state index is 13.1. The molecule has 35 heavy (non-hydrogen) atoms. The van der Waals surface area contributed by atoms with Crippen LogP contribution in [0, 0.1) is 5.82 Å². The van der Waals surface area contributed by atoms with Crippen LogP contribution in [0.1, 0.15) is 35.3 Å². The first-order valence-electron chi connectivity index (χ1n) is 10.9. The number of thioether (sulfide) groups is 1. The Morgan fingerprint density at radius 1 is 0.971 bits per heavy atom. The van der Waals surface area contributed by atoms with Gasteiger partial charge in [-0.05, 0) is 46.5 Å². The molecule has 0 heterocycles. The molecule has 0 bridgehead atoms. The fourth-order valence-electron chi connectivity index (χ4n) is 3.04. The number of rotatable bonds is 8. The molecule has 3 aromatic rings. The van der Waals surface area contributed by atoms with Gasteiger partial charge in [0.2, 0.25) is 0 Å². The SMILES string of the molecule is CC.CN(Cc1ccc(F)cc1)C(=O)/C(=C/c1cccc(-c2ccc(C=O)cc2)c1)SC=S.CO. The Morgan fingerprint density at radius 2 is 1.60 bits per heavy atom. The van der Waals surface area contributed by atoms with Crippen molar-refractivity contribution < 1.29 is 19.1 Å². The van der Waals surface area contributed by atoms with Crippen molar-refractivity contribution in [2.75, 3.05) is 14.2 Å². The van der Waals surface area contributed by atoms with Gasteiger partial charge in [0.05, 0.1) is 4.91 Å². The van der Waals surface area contributed by atoms with Gasteiger partial charge in [0.25, 0.3) is 5.91 Å². The number of hydrogen-bond acceptors (Lipinski definition) is 5. The molecule has 0 aliphatic rings. The van der Waals surface area contributed by atoms with Crippen LogP contribution in [0.5, 0.6) is 0 Å². The maximum Gasteiger partial charge on any atom is 0.260 e. The first-order valence-corrected chi connectivity index (χ1v) is 12.3. The molecule has 0 aliphatic carbocycles. The fraction of sp³-hybridized carbons (Fsp3) is 0.179. The number of amides is 1. The van der Waals surface area contributed by atoms with Gasteiger partial charge in [-0.15, -0.1) is 0 Å². The van der Waals surface area contributed by atoms with Gasteiger partial charge in [-0.1, -0.05) is 92.4 Å². The van der Waals surface area contributed by atoms with Gasteiger partial charge in [0, 0.05) is 31.0 Å². The van der Waals surface area contributed by atoms with E-state index in [-0.39, 0.29) is 11.7 Å². The van der Waals surface area contributed by atoms with Crippen LogP contribution in [0.3, 0.4) is 0 Å². The minimum Gasteiger partial charge on any atom is -0.400 e. The van der Waals surface area contributed by atoms with Crippen molar-refractivity contribution >= 4 is 46.9 Å². The number of likely N-dealkylation sites (N-methyl/N-ethyl adjacent to an activating group) is 1. The van der Waals surface area contributed by atoms with Crippen molar-refractivity contribution in [3.05, 3.63) is 100 Å². The number of carbonyl (C=O) groups is 2. The third-order valence-electron chi connectivity index (χ3n) is 4.63. The minimum atomic E-state index is -0.310. The molecule has 1 amide bonds. The summed E-state index contributed by atoms with van der Waals surface area (Å²) in [6.07, 6.45) is 2.62. The lowest BCUT2D eigenvalue weighted by molar-refractivity contribution is -0.125. The molecule has 0 aliphatic heterocycles. The van der Waals surface area contributed by atoms with Crippen molar-refractivity contribution in [1.82, 2.24) is 4.90 Å². The Kier molecular flexibility index (Phi) is 14.1. The van der Waals surface area contributed by atoms with E-state index in [9.17, 15) is 14.0 Å². The number of carbonyl (C=O) groups excluding carboxylic acids is 2. The van der Waals surface area contributed by atoms with Crippen molar-refractivity contribution in [3.63, 3.8) is 0 Å². The standard InChI is InChI=1S/C25H20FNO2S2.C2H6.CH4O/c1-27(15-18-7-11-23(26)12-8-18)25(29)24(31-17-30)14-20-3-2-4-22(13-20)21-9-5-19(16-28)6-10-21;2*1-2/h2-14,16-17H,15H2,1H3;1-2H3;2H,1H3/b24-14-;;. The number of aldehydes is 1. The average molecular weight is 512 g/mol. The zero-order chi connectivity index (χ0) is 26.2. The number of benzene rings is 3. The van der Waals surface area contributed by atoms with E-state index in [2.05, 4.69) is 0 Å². The molecule has 0 aromatic heterocycles. The van der Waals surface area contributed by atoms with E-state index in [0.29, 0.717) is 17.0 Å². The van der Waals surface area contributed by atoms with Crippen LogP contribution >= 0.6 is 24.0 Å². The summed E-state index contributed by atoms with van der Waals surface area (Å²) in [5.41, 5.74) is 4.27. The predicted octanol–water partition coefficient (Wildman–Crippen LogP) is 6.63. The lowest BCUT2D eigenvalue weighted by atomic mass is 10.0. The van der Waals surface area contributed by atoms with Gasteiger partial charge in [-0.25, -0.2) is 4.39 Å². The van der Waals surface area contributed by atoms with Gasteiger partial charge in [0.15, 0.2) is 0 Å². The van der Waals surface area contributed by atoms with E-state index < -0.39 is 0 Å². The highest BCUT2D eigenvalue weighted by atomic mass is 32.2. The molecule has 0 atom stereocenters. The van der Waals surface area contributed by atoms with E-state index >= 15 is 0 Å². The number of aliphatic hydroxyl groups is 1. The van der Waals surface area contributed by atoms with Crippen LogP contribution in [0.15, 0.2) is 77.7 Å². The summed E-state index contributed by atoms with van der Waals surface area (Å²) < 4.78 is 14.6. The minimum absolute atomic E-state index is 0.170. The summed E-state index contributed by atoms with van der Waals surface area (Å²) in [5, 5.41) is 7.00. The zero-order valence-corrected chi connectivity index (χ0v) is 21.9. The molecular weight excluding hydrogens is 481 g/mol. The smallest absolute Gasteiger partial charge is 0.260 e. The third-order valence-corrected chi connectivity index (χ3v) is 5.56. The number of hydrogen-bond donors (Lipinski definition) is 1. The molecule has 0 fully saturated rings. The van der Waals surface area contributed by atoms with Crippen molar-refractivity contribution in [2.24, 2.45) is 0 Å². The highest BCUT2D eigenvalue weighted by Crippen LogP contribution is 2.25. The van der Waals surface area contributed by atoms with E-state index in [4.69, 9.17) is 17.3 Å². The van der Waals surface area contributed by atoms with Crippen LogP contribution < -0.4 is 0 Å². The number of halogens is 1. The summed E-state index contributed by atoms with van der Waals surface area (Å²) in [7, 11) is 2.70. The monoisotopic (exact) mass is 511 g/mol. The number of aliphatic hydroxyl groups excluding tert-OH is 1. The Hall–Kier alpha value is -3.13. The highest BCUT2D eigenvalue weighted by molar-refractivity contribution is 8.24. The van der Waals surface area contributed by atoms with E-state index in [0.717, 1.165) is 35.6 Å². The second kappa shape index (κ2) is 16.5. The molecule has 0 spiro atoms. The molecule has 184 valence electrons. The molecule has 3 rings (SSSR count). The largest absolute Gasteiger partial charge is 0.400 e. The second-order valence-corrected chi connectivity index (χ2v) is 8.32. The summed E-state index contributed by atoms with van der Waals surface area (Å²) >= 11 is 6.16.